The van der Waals surface area contributed by atoms with Crippen molar-refractivity contribution in [2.75, 3.05) is 31.1 Å². The van der Waals surface area contributed by atoms with Crippen LogP contribution in [0.5, 0.6) is 0 Å². The van der Waals surface area contributed by atoms with Crippen molar-refractivity contribution in [3.63, 3.8) is 0 Å². The molecule has 35 heavy (non-hydrogen) atoms. The first kappa shape index (κ1) is 24.6. The second kappa shape index (κ2) is 10.4. The van der Waals surface area contributed by atoms with Crippen LogP contribution in [0.3, 0.4) is 0 Å². The number of hydrogen-bond donors (Lipinski definition) is 3. The third-order valence-electron chi connectivity index (χ3n) is 5.87. The molecular weight excluding hydrogens is 459 g/mol. The van der Waals surface area contributed by atoms with E-state index in [4.69, 9.17) is 20.3 Å². The molecule has 2 aliphatic heterocycles. The zero-order chi connectivity index (χ0) is 25.1. The number of anilines is 1. The Kier molecular flexibility index (Phi) is 7.29. The van der Waals surface area contributed by atoms with Crippen molar-refractivity contribution in [1.82, 2.24) is 10.2 Å². The van der Waals surface area contributed by atoms with Gasteiger partial charge in [0.1, 0.15) is 24.8 Å². The summed E-state index contributed by atoms with van der Waals surface area (Å²) in [7, 11) is 0. The maximum atomic E-state index is 15.0. The van der Waals surface area contributed by atoms with Gasteiger partial charge in [0.05, 0.1) is 24.9 Å². The monoisotopic (exact) mass is 486 g/mol. The zero-order valence-electron chi connectivity index (χ0n) is 19.1. The minimum atomic E-state index is -0.737. The van der Waals surface area contributed by atoms with Gasteiger partial charge in [0, 0.05) is 18.7 Å². The average Bonchev–Trinajstić information content (AvgIpc) is 3.41. The van der Waals surface area contributed by atoms with E-state index in [0.717, 1.165) is 4.90 Å². The van der Waals surface area contributed by atoms with Gasteiger partial charge < -0.3 is 25.2 Å². The van der Waals surface area contributed by atoms with E-state index in [1.807, 2.05) is 6.92 Å². The van der Waals surface area contributed by atoms with Crippen molar-refractivity contribution in [1.29, 1.82) is 0 Å². The summed E-state index contributed by atoms with van der Waals surface area (Å²) in [6.07, 6.45) is -0.764. The maximum absolute atomic E-state index is 15.0. The van der Waals surface area contributed by atoms with Crippen molar-refractivity contribution in [2.45, 2.75) is 31.9 Å². The quantitative estimate of drug-likeness (QED) is 0.425. The van der Waals surface area contributed by atoms with Gasteiger partial charge in [-0.05, 0) is 36.2 Å². The van der Waals surface area contributed by atoms with Crippen LogP contribution in [-0.2, 0) is 25.6 Å². The smallest absolute Gasteiger partial charge is 0.414 e. The average molecular weight is 487 g/mol. The van der Waals surface area contributed by atoms with Gasteiger partial charge in [-0.1, -0.05) is 24.3 Å². The van der Waals surface area contributed by atoms with Crippen LogP contribution >= 0.6 is 0 Å². The Balaban J connectivity index is 1.41. The molecule has 0 bridgehead atoms. The van der Waals surface area contributed by atoms with Gasteiger partial charge in [-0.25, -0.2) is 9.18 Å². The highest BCUT2D eigenvalue weighted by Gasteiger charge is 2.37. The molecule has 3 atom stereocenters. The lowest BCUT2D eigenvalue weighted by Crippen LogP contribution is -2.39. The number of cyclic esters (lactones) is 1. The normalized spacial score (nSPS) is 21.1. The molecule has 2 heterocycles. The summed E-state index contributed by atoms with van der Waals surface area (Å²) in [5.41, 5.74) is 7.18. The van der Waals surface area contributed by atoms with E-state index in [-0.39, 0.29) is 31.5 Å². The number of rotatable bonds is 10. The molecule has 2 aliphatic rings. The molecular formula is C24H27FN4O6. The number of aliphatic hydroxyl groups is 1. The largest absolute Gasteiger partial charge is 0.443 e. The number of amides is 3. The van der Waals surface area contributed by atoms with Gasteiger partial charge in [0.25, 0.3) is 0 Å². The molecule has 2 fully saturated rings. The summed E-state index contributed by atoms with van der Waals surface area (Å²) < 4.78 is 25.6. The zero-order valence-corrected chi connectivity index (χ0v) is 19.1. The number of nitrogens with two attached hydrogens (primary N) is 1. The summed E-state index contributed by atoms with van der Waals surface area (Å²) in [5, 5.41) is 12.2. The van der Waals surface area contributed by atoms with E-state index >= 15 is 0 Å². The van der Waals surface area contributed by atoms with E-state index in [2.05, 4.69) is 5.32 Å². The lowest BCUT2D eigenvalue weighted by Gasteiger charge is -2.20. The summed E-state index contributed by atoms with van der Waals surface area (Å²) in [6, 6.07) is 11.3. The third kappa shape index (κ3) is 5.94. The highest BCUT2D eigenvalue weighted by Crippen LogP contribution is 2.29. The van der Waals surface area contributed by atoms with Crippen LogP contribution in [0, 0.1) is 5.82 Å². The van der Waals surface area contributed by atoms with Crippen LogP contribution in [-0.4, -0.2) is 72.6 Å². The number of carbonyl (C=O) groups excluding carboxylic acids is 3. The number of halogens is 1. The summed E-state index contributed by atoms with van der Waals surface area (Å²) in [5.74, 6) is -1.82. The van der Waals surface area contributed by atoms with Crippen LogP contribution in [0.1, 0.15) is 12.5 Å². The molecule has 0 radical (unpaired) electrons. The number of nitrogens with zero attached hydrogens (tertiary/aromatic N) is 2. The third-order valence-corrected chi connectivity index (χ3v) is 5.87. The highest BCUT2D eigenvalue weighted by atomic mass is 19.1. The van der Waals surface area contributed by atoms with E-state index in [9.17, 15) is 18.8 Å². The molecule has 2 saturated heterocycles. The number of aliphatic hydroxyl groups excluding tert-OH is 1. The molecule has 3 amide bonds. The number of carbonyl (C=O) groups is 3. The Morgan fingerprint density at radius 2 is 1.97 bits per heavy atom. The van der Waals surface area contributed by atoms with Crippen molar-refractivity contribution >= 4 is 23.6 Å². The number of hydrogen-bond acceptors (Lipinski definition) is 7. The summed E-state index contributed by atoms with van der Waals surface area (Å²) in [6.45, 7) is 1.71. The topological polar surface area (TPSA) is 138 Å². The van der Waals surface area contributed by atoms with Gasteiger partial charge in [-0.2, -0.15) is 0 Å². The first-order valence-electron chi connectivity index (χ1n) is 11.2. The molecule has 11 heteroatoms. The number of epoxide rings is 1. The molecule has 10 nitrogen and oxygen atoms in total. The lowest BCUT2D eigenvalue weighted by atomic mass is 10.0. The van der Waals surface area contributed by atoms with Crippen molar-refractivity contribution in [2.24, 2.45) is 5.73 Å². The Morgan fingerprint density at radius 1 is 1.26 bits per heavy atom. The molecule has 2 aromatic rings. The maximum Gasteiger partial charge on any atom is 0.414 e. The fourth-order valence-electron chi connectivity index (χ4n) is 3.92. The van der Waals surface area contributed by atoms with Crippen LogP contribution in [0.4, 0.5) is 14.9 Å². The predicted octanol–water partition coefficient (Wildman–Crippen LogP) is 0.958. The van der Waals surface area contributed by atoms with Crippen LogP contribution < -0.4 is 16.0 Å². The molecule has 2 unspecified atom stereocenters. The summed E-state index contributed by atoms with van der Waals surface area (Å²) in [4.78, 5) is 37.8. The van der Waals surface area contributed by atoms with E-state index in [1.165, 1.54) is 11.0 Å². The van der Waals surface area contributed by atoms with Crippen molar-refractivity contribution < 1.29 is 33.4 Å². The lowest BCUT2D eigenvalue weighted by molar-refractivity contribution is -0.138. The van der Waals surface area contributed by atoms with E-state index in [0.29, 0.717) is 35.5 Å². The number of primary amides is 1. The number of nitrogens with one attached hydrogen (secondary N) is 1. The Bertz CT molecular complexity index is 1110. The Morgan fingerprint density at radius 3 is 2.57 bits per heavy atom. The molecule has 2 aromatic carbocycles. The van der Waals surface area contributed by atoms with Gasteiger partial charge in [-0.3, -0.25) is 19.8 Å². The fourth-order valence-corrected chi connectivity index (χ4v) is 3.92. The minimum absolute atomic E-state index is 0.0211. The SMILES string of the molecule is CC1OC1NC[C@H]1CN(c2ccc(-c3ccc(CN(CC(N)=O)C(=O)CO)cc3)c(F)c2)C(=O)O1. The first-order valence-corrected chi connectivity index (χ1v) is 11.2. The molecule has 0 spiro atoms. The van der Waals surface area contributed by atoms with Crippen molar-refractivity contribution in [3.05, 3.63) is 53.8 Å². The number of benzene rings is 2. The van der Waals surface area contributed by atoms with Gasteiger partial charge in [0.15, 0.2) is 0 Å². The van der Waals surface area contributed by atoms with Crippen LogP contribution in [0.2, 0.25) is 0 Å². The molecule has 0 saturated carbocycles. The predicted molar refractivity (Wildman–Crippen MR) is 123 cm³/mol. The molecule has 186 valence electrons. The molecule has 4 N–H and O–H groups in total. The van der Waals surface area contributed by atoms with Crippen LogP contribution in [0.25, 0.3) is 11.1 Å². The summed E-state index contributed by atoms with van der Waals surface area (Å²) >= 11 is 0. The van der Waals surface area contributed by atoms with Gasteiger partial charge in [0.2, 0.25) is 11.8 Å². The van der Waals surface area contributed by atoms with Crippen molar-refractivity contribution in [3.8, 4) is 11.1 Å². The fraction of sp³-hybridized carbons (Fsp3) is 0.375. The first-order chi connectivity index (χ1) is 16.7. The molecule has 0 aromatic heterocycles. The standard InChI is InChI=1S/C24H27FN4O6/c1-14-23(34-14)27-9-18-11-29(24(33)35-18)17-6-7-19(20(25)8-17)16-4-2-15(3-5-16)10-28(12-21(26)31)22(32)13-30/h2-8,14,18,23,27,30H,9-13H2,1H3,(H2,26,31)/t14?,18-,23?/m0/s1. The minimum Gasteiger partial charge on any atom is -0.443 e. The second-order valence-corrected chi connectivity index (χ2v) is 8.52. The number of ether oxygens (including phenoxy) is 2. The Hall–Kier alpha value is -3.54. The van der Waals surface area contributed by atoms with Crippen LogP contribution in [0.15, 0.2) is 42.5 Å². The van der Waals surface area contributed by atoms with Gasteiger partial charge >= 0.3 is 6.09 Å². The van der Waals surface area contributed by atoms with E-state index in [1.54, 1.807) is 36.4 Å². The Labute approximate surface area is 201 Å². The van der Waals surface area contributed by atoms with Gasteiger partial charge in [-0.15, -0.1) is 0 Å². The molecule has 0 aliphatic carbocycles. The molecule has 4 rings (SSSR count). The highest BCUT2D eigenvalue weighted by molar-refractivity contribution is 5.90. The second-order valence-electron chi connectivity index (χ2n) is 8.52. The van der Waals surface area contributed by atoms with E-state index < -0.39 is 30.3 Å².